The van der Waals surface area contributed by atoms with Crippen LogP contribution in [0.25, 0.3) is 0 Å². The van der Waals surface area contributed by atoms with E-state index in [2.05, 4.69) is 37.6 Å². The van der Waals surface area contributed by atoms with Crippen molar-refractivity contribution in [2.75, 3.05) is 46.5 Å². The summed E-state index contributed by atoms with van der Waals surface area (Å²) in [5, 5.41) is 9.82. The summed E-state index contributed by atoms with van der Waals surface area (Å²) in [6.07, 6.45) is 2.69. The smallest absolute Gasteiger partial charge is 0.247 e. The largest absolute Gasteiger partial charge is 0.487 e. The number of fused-ring (bicyclic) bond motifs is 1. The van der Waals surface area contributed by atoms with Gasteiger partial charge in [0.15, 0.2) is 0 Å². The molecule has 0 bridgehead atoms. The Kier molecular flexibility index (Phi) is 10.0. The molecule has 0 unspecified atom stereocenters. The van der Waals surface area contributed by atoms with Crippen LogP contribution in [0.2, 0.25) is 0 Å². The van der Waals surface area contributed by atoms with Gasteiger partial charge in [-0.15, -0.1) is 0 Å². The van der Waals surface area contributed by atoms with Gasteiger partial charge in [0.05, 0.1) is 6.61 Å². The van der Waals surface area contributed by atoms with Gasteiger partial charge in [-0.1, -0.05) is 32.6 Å². The quantitative estimate of drug-likeness (QED) is 0.572. The standard InChI is InChI=1S/C27H42N2O5S/c1-20(2)7-6-8-23-9-10-27-25(15-23)34-26(18-28(5)17-24-11-13-33-14-12-24)21(3)16-29(22(4)19-30)35(27,31)32/h9-10,15,20-22,24,26,30H,7,11-14,16-19H2,1-5H3/t21-,22+,26-/m0/s1. The lowest BCUT2D eigenvalue weighted by Gasteiger charge is -2.38. The van der Waals surface area contributed by atoms with E-state index >= 15 is 0 Å². The lowest BCUT2D eigenvalue weighted by Crippen LogP contribution is -2.50. The van der Waals surface area contributed by atoms with Gasteiger partial charge in [0, 0.05) is 56.8 Å². The lowest BCUT2D eigenvalue weighted by molar-refractivity contribution is 0.0402. The first-order valence-corrected chi connectivity index (χ1v) is 14.2. The molecule has 1 N–H and O–H groups in total. The number of hydrogen-bond acceptors (Lipinski definition) is 6. The molecule has 35 heavy (non-hydrogen) atoms. The summed E-state index contributed by atoms with van der Waals surface area (Å²) in [6.45, 7) is 11.3. The Morgan fingerprint density at radius 2 is 1.91 bits per heavy atom. The summed E-state index contributed by atoms with van der Waals surface area (Å²) >= 11 is 0. The van der Waals surface area contributed by atoms with E-state index < -0.39 is 16.1 Å². The van der Waals surface area contributed by atoms with Crippen molar-refractivity contribution < 1.29 is 23.0 Å². The highest BCUT2D eigenvalue weighted by molar-refractivity contribution is 7.89. The molecular formula is C27H42N2O5S. The Bertz CT molecular complexity index is 995. The predicted octanol–water partition coefficient (Wildman–Crippen LogP) is 3.21. The fraction of sp³-hybridized carbons (Fsp3) is 0.704. The number of aliphatic hydroxyl groups is 1. The van der Waals surface area contributed by atoms with Crippen LogP contribution in [0.4, 0.5) is 0 Å². The number of nitrogens with zero attached hydrogens (tertiary/aromatic N) is 2. The second-order valence-electron chi connectivity index (χ2n) is 10.6. The van der Waals surface area contributed by atoms with E-state index in [0.29, 0.717) is 24.1 Å². The summed E-state index contributed by atoms with van der Waals surface area (Å²) in [7, 11) is -1.74. The Labute approximate surface area is 211 Å². The molecule has 0 aliphatic carbocycles. The van der Waals surface area contributed by atoms with Crippen molar-refractivity contribution >= 4 is 10.0 Å². The summed E-state index contributed by atoms with van der Waals surface area (Å²) in [5.41, 5.74) is 0.740. The minimum atomic E-state index is -3.84. The predicted molar refractivity (Wildman–Crippen MR) is 138 cm³/mol. The van der Waals surface area contributed by atoms with E-state index in [4.69, 9.17) is 9.47 Å². The van der Waals surface area contributed by atoms with Gasteiger partial charge >= 0.3 is 0 Å². The second-order valence-corrected chi connectivity index (χ2v) is 12.4. The Hall–Kier alpha value is -1.63. The molecule has 2 aliphatic rings. The number of ether oxygens (including phenoxy) is 2. The lowest BCUT2D eigenvalue weighted by atomic mass is 9.98. The van der Waals surface area contributed by atoms with Gasteiger partial charge in [0.25, 0.3) is 0 Å². The highest BCUT2D eigenvalue weighted by Gasteiger charge is 2.38. The zero-order chi connectivity index (χ0) is 25.6. The van der Waals surface area contributed by atoms with E-state index in [9.17, 15) is 13.5 Å². The fourth-order valence-electron chi connectivity index (χ4n) is 4.63. The Balaban J connectivity index is 1.92. The number of sulfonamides is 1. The molecule has 1 fully saturated rings. The summed E-state index contributed by atoms with van der Waals surface area (Å²) in [6, 6.07) is 4.57. The molecule has 8 heteroatoms. The van der Waals surface area contributed by atoms with Gasteiger partial charge in [-0.25, -0.2) is 8.42 Å². The normalized spacial score (nSPS) is 24.1. The molecule has 7 nitrogen and oxygen atoms in total. The molecule has 0 aromatic heterocycles. The van der Waals surface area contributed by atoms with Crippen molar-refractivity contribution in [1.82, 2.24) is 9.21 Å². The summed E-state index contributed by atoms with van der Waals surface area (Å²) < 4.78 is 40.6. The topological polar surface area (TPSA) is 79.3 Å². The van der Waals surface area contributed by atoms with Crippen molar-refractivity contribution in [2.45, 2.75) is 64.0 Å². The van der Waals surface area contributed by atoms with E-state index in [0.717, 1.165) is 44.6 Å². The van der Waals surface area contributed by atoms with Crippen LogP contribution in [-0.4, -0.2) is 81.4 Å². The van der Waals surface area contributed by atoms with Crippen molar-refractivity contribution in [1.29, 1.82) is 0 Å². The van der Waals surface area contributed by atoms with Gasteiger partial charge in [-0.3, -0.25) is 0 Å². The van der Waals surface area contributed by atoms with E-state index in [1.54, 1.807) is 25.1 Å². The molecule has 1 aromatic carbocycles. The third-order valence-electron chi connectivity index (χ3n) is 6.81. The molecule has 3 atom stereocenters. The van der Waals surface area contributed by atoms with Gasteiger partial charge in [0.1, 0.15) is 16.7 Å². The number of hydrogen-bond donors (Lipinski definition) is 1. The third kappa shape index (κ3) is 7.43. The number of aliphatic hydroxyl groups excluding tert-OH is 1. The minimum absolute atomic E-state index is 0.0697. The molecule has 3 rings (SSSR count). The van der Waals surface area contributed by atoms with E-state index in [1.807, 2.05) is 6.92 Å². The van der Waals surface area contributed by atoms with Gasteiger partial charge in [0.2, 0.25) is 10.0 Å². The maximum absolute atomic E-state index is 13.6. The zero-order valence-corrected chi connectivity index (χ0v) is 22.7. The van der Waals surface area contributed by atoms with Crippen LogP contribution < -0.4 is 4.74 Å². The summed E-state index contributed by atoms with van der Waals surface area (Å²) in [5.74, 6) is 7.66. The maximum atomic E-state index is 13.6. The first kappa shape index (κ1) is 27.9. The zero-order valence-electron chi connectivity index (χ0n) is 21.9. The maximum Gasteiger partial charge on any atom is 0.247 e. The summed E-state index contributed by atoms with van der Waals surface area (Å²) in [4.78, 5) is 2.43. The number of likely N-dealkylation sites (N-methyl/N-ethyl adjacent to an activating group) is 1. The van der Waals surface area contributed by atoms with Crippen molar-refractivity contribution in [3.05, 3.63) is 23.8 Å². The van der Waals surface area contributed by atoms with Crippen LogP contribution in [0, 0.1) is 29.6 Å². The van der Waals surface area contributed by atoms with E-state index in [1.165, 1.54) is 4.31 Å². The molecule has 0 saturated carbocycles. The molecule has 0 spiro atoms. The fourth-order valence-corrected chi connectivity index (χ4v) is 6.46. The minimum Gasteiger partial charge on any atom is -0.487 e. The molecule has 2 heterocycles. The molecule has 1 aromatic rings. The van der Waals surface area contributed by atoms with Crippen molar-refractivity contribution in [2.24, 2.45) is 17.8 Å². The Morgan fingerprint density at radius 1 is 1.20 bits per heavy atom. The average molecular weight is 507 g/mol. The molecule has 1 saturated heterocycles. The van der Waals surface area contributed by atoms with Crippen LogP contribution in [0.5, 0.6) is 5.75 Å². The first-order valence-electron chi connectivity index (χ1n) is 12.8. The number of benzene rings is 1. The monoisotopic (exact) mass is 506 g/mol. The molecule has 2 aliphatic heterocycles. The van der Waals surface area contributed by atoms with Gasteiger partial charge < -0.3 is 19.5 Å². The van der Waals surface area contributed by atoms with Crippen LogP contribution in [0.3, 0.4) is 0 Å². The van der Waals surface area contributed by atoms with Gasteiger partial charge in [-0.05, 0) is 56.8 Å². The van der Waals surface area contributed by atoms with Crippen LogP contribution in [-0.2, 0) is 14.8 Å². The van der Waals surface area contributed by atoms with Gasteiger partial charge in [-0.2, -0.15) is 4.31 Å². The molecular weight excluding hydrogens is 464 g/mol. The van der Waals surface area contributed by atoms with Crippen molar-refractivity contribution in [3.63, 3.8) is 0 Å². The number of rotatable bonds is 7. The first-order chi connectivity index (χ1) is 16.6. The second kappa shape index (κ2) is 12.6. The molecule has 196 valence electrons. The highest BCUT2D eigenvalue weighted by atomic mass is 32.2. The average Bonchev–Trinajstić information content (AvgIpc) is 2.81. The SMILES string of the molecule is CC(C)CC#Cc1ccc2c(c1)O[C@@H](CN(C)CC1CCOCC1)[C@@H](C)CN([C@H](C)CO)S2(=O)=O. The van der Waals surface area contributed by atoms with Crippen molar-refractivity contribution in [3.8, 4) is 17.6 Å². The van der Waals surface area contributed by atoms with E-state index in [-0.39, 0.29) is 30.1 Å². The van der Waals surface area contributed by atoms with Crippen LogP contribution in [0.15, 0.2) is 23.1 Å². The van der Waals surface area contributed by atoms with Crippen LogP contribution in [0.1, 0.15) is 52.5 Å². The Morgan fingerprint density at radius 3 is 2.57 bits per heavy atom. The molecule has 0 amide bonds. The third-order valence-corrected chi connectivity index (χ3v) is 8.83. The van der Waals surface area contributed by atoms with Crippen LogP contribution >= 0.6 is 0 Å². The highest BCUT2D eigenvalue weighted by Crippen LogP contribution is 2.34. The molecule has 0 radical (unpaired) electrons.